The van der Waals surface area contributed by atoms with Crippen LogP contribution in [0.5, 0.6) is 0 Å². The van der Waals surface area contributed by atoms with Crippen LogP contribution < -0.4 is 5.32 Å². The maximum Gasteiger partial charge on any atom is 0.0319 e. The Kier molecular flexibility index (Phi) is 139. The SMILES string of the molecule is CNC.CO.[Fe]. The van der Waals surface area contributed by atoms with Gasteiger partial charge in [0.15, 0.2) is 0 Å². The summed E-state index contributed by atoms with van der Waals surface area (Å²) in [5.41, 5.74) is 0. The second kappa shape index (κ2) is 51.7. The quantitative estimate of drug-likeness (QED) is 0.434. The van der Waals surface area contributed by atoms with Crippen LogP contribution in [0.4, 0.5) is 0 Å². The molecule has 3 heteroatoms. The topological polar surface area (TPSA) is 32.3 Å². The molecule has 0 aliphatic rings. The van der Waals surface area contributed by atoms with Gasteiger partial charge >= 0.3 is 0 Å². The predicted molar refractivity (Wildman–Crippen MR) is 23.1 cm³/mol. The Morgan fingerprint density at radius 2 is 1.17 bits per heavy atom. The number of rotatable bonds is 0. The fourth-order valence-electron chi connectivity index (χ4n) is 0. The van der Waals surface area contributed by atoms with Crippen molar-refractivity contribution in [3.8, 4) is 0 Å². The van der Waals surface area contributed by atoms with Gasteiger partial charge < -0.3 is 10.4 Å². The van der Waals surface area contributed by atoms with Crippen LogP contribution in [-0.4, -0.2) is 26.3 Å². The first kappa shape index (κ1) is 16.1. The summed E-state index contributed by atoms with van der Waals surface area (Å²) in [6.45, 7) is 0. The molecule has 0 heterocycles. The van der Waals surface area contributed by atoms with Crippen LogP contribution in [0.1, 0.15) is 0 Å². The Morgan fingerprint density at radius 3 is 1.17 bits per heavy atom. The third-order valence-electron chi connectivity index (χ3n) is 0. The van der Waals surface area contributed by atoms with E-state index >= 15 is 0 Å². The van der Waals surface area contributed by atoms with Gasteiger partial charge in [-0.05, 0) is 14.1 Å². The van der Waals surface area contributed by atoms with Crippen molar-refractivity contribution in [1.29, 1.82) is 0 Å². The van der Waals surface area contributed by atoms with Crippen LogP contribution in [0.3, 0.4) is 0 Å². The Labute approximate surface area is 49.4 Å². The van der Waals surface area contributed by atoms with Gasteiger partial charge in [-0.1, -0.05) is 0 Å². The molecule has 0 spiro atoms. The second-order valence-corrected chi connectivity index (χ2v) is 0.500. The molecule has 0 amide bonds. The third kappa shape index (κ3) is 272. The van der Waals surface area contributed by atoms with Crippen LogP contribution in [0.25, 0.3) is 0 Å². The maximum absolute atomic E-state index is 7.00. The molecule has 0 saturated carbocycles. The van der Waals surface area contributed by atoms with Gasteiger partial charge in [0, 0.05) is 24.2 Å². The molecule has 0 saturated heterocycles. The standard InChI is InChI=1S/C2H7N.CH4O.Fe/c1-3-2;1-2;/h3H,1-2H3;2H,1H3;. The number of nitrogens with one attached hydrogen (secondary N) is 1. The molecule has 0 bridgehead atoms. The van der Waals surface area contributed by atoms with Gasteiger partial charge in [0.2, 0.25) is 0 Å². The number of hydrogen-bond donors (Lipinski definition) is 2. The average Bonchev–Trinajstić information content (AvgIpc) is 1.46. The second-order valence-electron chi connectivity index (χ2n) is 0.500. The average molecular weight is 133 g/mol. The summed E-state index contributed by atoms with van der Waals surface area (Å²) in [6.07, 6.45) is 0. The first-order chi connectivity index (χ1) is 2.41. The fourth-order valence-corrected chi connectivity index (χ4v) is 0. The molecular weight excluding hydrogens is 122 g/mol. The van der Waals surface area contributed by atoms with Gasteiger partial charge in [-0.3, -0.25) is 0 Å². The summed E-state index contributed by atoms with van der Waals surface area (Å²) in [5.74, 6) is 0. The first-order valence-electron chi connectivity index (χ1n) is 1.45. The molecule has 0 fully saturated rings. The minimum Gasteiger partial charge on any atom is -0.400 e. The molecule has 0 radical (unpaired) electrons. The molecule has 42 valence electrons. The number of aliphatic hydroxyl groups is 1. The molecule has 0 aliphatic carbocycles. The van der Waals surface area contributed by atoms with Crippen molar-refractivity contribution >= 4 is 0 Å². The third-order valence-corrected chi connectivity index (χ3v) is 0. The molecule has 2 N–H and O–H groups in total. The van der Waals surface area contributed by atoms with Gasteiger partial charge in [-0.2, -0.15) is 0 Å². The van der Waals surface area contributed by atoms with E-state index in [0.717, 1.165) is 7.11 Å². The van der Waals surface area contributed by atoms with E-state index < -0.39 is 0 Å². The van der Waals surface area contributed by atoms with Crippen molar-refractivity contribution in [2.75, 3.05) is 21.2 Å². The molecule has 2 nitrogen and oxygen atoms in total. The van der Waals surface area contributed by atoms with E-state index in [2.05, 4.69) is 5.32 Å². The van der Waals surface area contributed by atoms with Crippen molar-refractivity contribution in [2.24, 2.45) is 0 Å². The fraction of sp³-hybridized carbons (Fsp3) is 1.00. The van der Waals surface area contributed by atoms with E-state index in [-0.39, 0.29) is 17.1 Å². The van der Waals surface area contributed by atoms with E-state index in [9.17, 15) is 0 Å². The van der Waals surface area contributed by atoms with E-state index in [4.69, 9.17) is 5.11 Å². The molecule has 0 atom stereocenters. The molecule has 0 aliphatic heterocycles. The van der Waals surface area contributed by atoms with Crippen molar-refractivity contribution < 1.29 is 22.2 Å². The minimum absolute atomic E-state index is 0. The Morgan fingerprint density at radius 1 is 1.17 bits per heavy atom. The Balaban J connectivity index is -0.0000000275. The van der Waals surface area contributed by atoms with Crippen LogP contribution in [0, 0.1) is 0 Å². The zero-order valence-electron chi connectivity index (χ0n) is 4.30. The Bertz CT molecular complexity index is 10.8. The maximum atomic E-state index is 7.00. The molecule has 0 aromatic carbocycles. The van der Waals surface area contributed by atoms with Crippen molar-refractivity contribution in [1.82, 2.24) is 5.32 Å². The van der Waals surface area contributed by atoms with Crippen LogP contribution >= 0.6 is 0 Å². The van der Waals surface area contributed by atoms with Crippen LogP contribution in [-0.2, 0) is 17.1 Å². The smallest absolute Gasteiger partial charge is 0.0319 e. The zero-order valence-corrected chi connectivity index (χ0v) is 5.40. The molecular formula is C3H11FeNO. The van der Waals surface area contributed by atoms with Gasteiger partial charge in [0.1, 0.15) is 0 Å². The summed E-state index contributed by atoms with van der Waals surface area (Å²) < 4.78 is 0. The zero-order chi connectivity index (χ0) is 4.71. The van der Waals surface area contributed by atoms with E-state index in [1.54, 1.807) is 0 Å². The Hall–Kier alpha value is 0.439. The first-order valence-corrected chi connectivity index (χ1v) is 1.45. The summed E-state index contributed by atoms with van der Waals surface area (Å²) in [6, 6.07) is 0. The summed E-state index contributed by atoms with van der Waals surface area (Å²) >= 11 is 0. The normalized spacial score (nSPS) is 4.00. The van der Waals surface area contributed by atoms with Crippen molar-refractivity contribution in [3.05, 3.63) is 0 Å². The summed E-state index contributed by atoms with van der Waals surface area (Å²) in [4.78, 5) is 0. The van der Waals surface area contributed by atoms with Gasteiger partial charge in [0.05, 0.1) is 0 Å². The van der Waals surface area contributed by atoms with Crippen LogP contribution in [0.15, 0.2) is 0 Å². The van der Waals surface area contributed by atoms with Gasteiger partial charge in [0.25, 0.3) is 0 Å². The van der Waals surface area contributed by atoms with E-state index in [1.807, 2.05) is 14.1 Å². The van der Waals surface area contributed by atoms with Gasteiger partial charge in [-0.15, -0.1) is 0 Å². The van der Waals surface area contributed by atoms with Crippen LogP contribution in [0.2, 0.25) is 0 Å². The summed E-state index contributed by atoms with van der Waals surface area (Å²) in [5, 5.41) is 9.75. The molecule has 0 aromatic heterocycles. The molecule has 0 rings (SSSR count). The van der Waals surface area contributed by atoms with Gasteiger partial charge in [-0.25, -0.2) is 0 Å². The van der Waals surface area contributed by atoms with Crippen molar-refractivity contribution in [2.45, 2.75) is 0 Å². The van der Waals surface area contributed by atoms with Crippen molar-refractivity contribution in [3.63, 3.8) is 0 Å². The number of hydrogen-bond acceptors (Lipinski definition) is 2. The molecule has 6 heavy (non-hydrogen) atoms. The minimum atomic E-state index is 0. The van der Waals surface area contributed by atoms with E-state index in [0.29, 0.717) is 0 Å². The molecule has 0 aromatic rings. The number of aliphatic hydroxyl groups excluding tert-OH is 1. The van der Waals surface area contributed by atoms with E-state index in [1.165, 1.54) is 0 Å². The summed E-state index contributed by atoms with van der Waals surface area (Å²) in [7, 11) is 4.75. The monoisotopic (exact) mass is 133 g/mol. The predicted octanol–water partition coefficient (Wildman–Crippen LogP) is -0.558. The molecule has 0 unspecified atom stereocenters. The largest absolute Gasteiger partial charge is 0.400 e.